The minimum atomic E-state index is -0.493. The van der Waals surface area contributed by atoms with Gasteiger partial charge in [-0.2, -0.15) is 0 Å². The fourth-order valence-electron chi connectivity index (χ4n) is 2.67. The summed E-state index contributed by atoms with van der Waals surface area (Å²) in [5.41, 5.74) is 7.13. The summed E-state index contributed by atoms with van der Waals surface area (Å²) in [4.78, 5) is 23.7. The predicted octanol–water partition coefficient (Wildman–Crippen LogP) is 3.15. The second-order valence-electron chi connectivity index (χ2n) is 6.90. The summed E-state index contributed by atoms with van der Waals surface area (Å²) >= 11 is 0. The molecular weight excluding hydrogens is 330 g/mol. The molecule has 0 radical (unpaired) electrons. The van der Waals surface area contributed by atoms with E-state index >= 15 is 0 Å². The van der Waals surface area contributed by atoms with Gasteiger partial charge in [0.1, 0.15) is 0 Å². The van der Waals surface area contributed by atoms with Crippen molar-refractivity contribution in [3.05, 3.63) is 59.5 Å². The molecule has 140 valence electrons. The van der Waals surface area contributed by atoms with Crippen molar-refractivity contribution in [2.45, 2.75) is 39.7 Å². The molecule has 1 aromatic carbocycles. The van der Waals surface area contributed by atoms with Gasteiger partial charge < -0.3 is 9.73 Å². The number of nitrogens with one attached hydrogen (secondary N) is 3. The van der Waals surface area contributed by atoms with Crippen LogP contribution in [0.15, 0.2) is 47.1 Å². The van der Waals surface area contributed by atoms with Crippen LogP contribution in [0.4, 0.5) is 0 Å². The van der Waals surface area contributed by atoms with Gasteiger partial charge in [-0.05, 0) is 35.1 Å². The lowest BCUT2D eigenvalue weighted by atomic mass is 9.93. The first-order valence-corrected chi connectivity index (χ1v) is 8.84. The van der Waals surface area contributed by atoms with Crippen LogP contribution < -0.4 is 16.2 Å². The van der Waals surface area contributed by atoms with Gasteiger partial charge in [0, 0.05) is 6.04 Å². The van der Waals surface area contributed by atoms with Crippen LogP contribution in [0.5, 0.6) is 0 Å². The van der Waals surface area contributed by atoms with Crippen molar-refractivity contribution in [3.63, 3.8) is 0 Å². The number of rotatable bonds is 7. The molecule has 2 aromatic rings. The Morgan fingerprint density at radius 1 is 0.962 bits per heavy atom. The Bertz CT molecular complexity index is 706. The summed E-state index contributed by atoms with van der Waals surface area (Å²) < 4.78 is 4.96. The van der Waals surface area contributed by atoms with Crippen LogP contribution in [0.3, 0.4) is 0 Å². The van der Waals surface area contributed by atoms with E-state index in [1.165, 1.54) is 17.9 Å². The zero-order chi connectivity index (χ0) is 19.1. The Morgan fingerprint density at radius 3 is 2.15 bits per heavy atom. The second kappa shape index (κ2) is 9.20. The highest BCUT2D eigenvalue weighted by atomic mass is 16.3. The van der Waals surface area contributed by atoms with E-state index in [-0.39, 0.29) is 24.3 Å². The summed E-state index contributed by atoms with van der Waals surface area (Å²) in [7, 11) is 0. The third-order valence-electron chi connectivity index (χ3n) is 4.17. The average Bonchev–Trinajstić information content (AvgIpc) is 3.14. The molecular formula is C20H27N3O3. The first kappa shape index (κ1) is 19.7. The van der Waals surface area contributed by atoms with Gasteiger partial charge in [-0.25, -0.2) is 0 Å². The molecule has 0 aliphatic heterocycles. The fraction of sp³-hybridized carbons (Fsp3) is 0.400. The molecule has 6 nitrogen and oxygen atoms in total. The number of hydrogen-bond acceptors (Lipinski definition) is 4. The summed E-state index contributed by atoms with van der Waals surface area (Å²) in [6.45, 7) is 8.62. The summed E-state index contributed by atoms with van der Waals surface area (Å²) in [5.74, 6) is 0.120. The third-order valence-corrected chi connectivity index (χ3v) is 4.17. The maximum absolute atomic E-state index is 12.0. The van der Waals surface area contributed by atoms with Crippen LogP contribution in [0.25, 0.3) is 0 Å². The molecule has 0 spiro atoms. The normalized spacial score (nSPS) is 12.2. The van der Waals surface area contributed by atoms with Gasteiger partial charge in [0.05, 0.1) is 12.8 Å². The highest BCUT2D eigenvalue weighted by Crippen LogP contribution is 2.23. The Kier molecular flexibility index (Phi) is 6.97. The molecule has 0 aliphatic carbocycles. The van der Waals surface area contributed by atoms with Crippen LogP contribution in [-0.2, 0) is 4.79 Å². The molecule has 1 atom stereocenters. The van der Waals surface area contributed by atoms with Crippen molar-refractivity contribution in [3.8, 4) is 0 Å². The Morgan fingerprint density at radius 2 is 1.62 bits per heavy atom. The van der Waals surface area contributed by atoms with Gasteiger partial charge in [0.2, 0.25) is 0 Å². The Labute approximate surface area is 154 Å². The molecule has 3 N–H and O–H groups in total. The first-order chi connectivity index (χ1) is 12.4. The van der Waals surface area contributed by atoms with E-state index in [1.54, 1.807) is 6.07 Å². The zero-order valence-electron chi connectivity index (χ0n) is 15.7. The van der Waals surface area contributed by atoms with E-state index < -0.39 is 5.91 Å². The average molecular weight is 357 g/mol. The van der Waals surface area contributed by atoms with Crippen molar-refractivity contribution >= 4 is 11.8 Å². The maximum atomic E-state index is 12.0. The number of carbonyl (C=O) groups is 2. The Balaban J connectivity index is 1.87. The smallest absolute Gasteiger partial charge is 0.305 e. The van der Waals surface area contributed by atoms with Crippen LogP contribution in [0.2, 0.25) is 0 Å². The summed E-state index contributed by atoms with van der Waals surface area (Å²) in [6, 6.07) is 11.6. The molecule has 0 saturated heterocycles. The van der Waals surface area contributed by atoms with Gasteiger partial charge in [-0.3, -0.25) is 20.4 Å². The second-order valence-corrected chi connectivity index (χ2v) is 6.90. The number of hydrogen-bond donors (Lipinski definition) is 3. The number of carbonyl (C=O) groups excluding carboxylic acids is 2. The minimum Gasteiger partial charge on any atom is -0.459 e. The van der Waals surface area contributed by atoms with E-state index in [1.807, 2.05) is 0 Å². The van der Waals surface area contributed by atoms with Crippen molar-refractivity contribution in [1.82, 2.24) is 16.2 Å². The van der Waals surface area contributed by atoms with Gasteiger partial charge in [0.25, 0.3) is 5.91 Å². The summed E-state index contributed by atoms with van der Waals surface area (Å²) in [5, 5.41) is 3.26. The molecule has 0 aliphatic rings. The minimum absolute atomic E-state index is 0.0442. The van der Waals surface area contributed by atoms with Gasteiger partial charge in [-0.1, -0.05) is 52.0 Å². The highest BCUT2D eigenvalue weighted by Gasteiger charge is 2.17. The standard InChI is InChI=1S/C20H27N3O3/c1-13(2)15-7-9-16(10-8-15)19(14(3)4)21-12-18(24)22-23-20(25)17-6-5-11-26-17/h5-11,13-14,19,21H,12H2,1-4H3,(H,22,24)(H,23,25)/t19-/m0/s1. The van der Waals surface area contributed by atoms with Crippen LogP contribution in [0.1, 0.15) is 61.3 Å². The van der Waals surface area contributed by atoms with Crippen LogP contribution in [-0.4, -0.2) is 18.4 Å². The zero-order valence-corrected chi connectivity index (χ0v) is 15.7. The Hall–Kier alpha value is -2.60. The van der Waals surface area contributed by atoms with Crippen LogP contribution >= 0.6 is 0 Å². The topological polar surface area (TPSA) is 83.4 Å². The van der Waals surface area contributed by atoms with E-state index in [2.05, 4.69) is 68.1 Å². The lowest BCUT2D eigenvalue weighted by Gasteiger charge is -2.23. The third kappa shape index (κ3) is 5.46. The van der Waals surface area contributed by atoms with E-state index in [0.717, 1.165) is 5.56 Å². The number of furan rings is 1. The number of amides is 2. The van der Waals surface area contributed by atoms with Gasteiger partial charge >= 0.3 is 5.91 Å². The van der Waals surface area contributed by atoms with Crippen molar-refractivity contribution in [1.29, 1.82) is 0 Å². The van der Waals surface area contributed by atoms with Crippen molar-refractivity contribution in [2.24, 2.45) is 5.92 Å². The first-order valence-electron chi connectivity index (χ1n) is 8.84. The molecule has 1 aromatic heterocycles. The molecule has 1 heterocycles. The molecule has 6 heteroatoms. The quantitative estimate of drug-likeness (QED) is 0.665. The molecule has 0 saturated carbocycles. The van der Waals surface area contributed by atoms with Gasteiger partial charge in [-0.15, -0.1) is 0 Å². The summed E-state index contributed by atoms with van der Waals surface area (Å²) in [6.07, 6.45) is 1.40. The fourth-order valence-corrected chi connectivity index (χ4v) is 2.67. The van der Waals surface area contributed by atoms with Crippen LogP contribution in [0, 0.1) is 5.92 Å². The predicted molar refractivity (Wildman–Crippen MR) is 100 cm³/mol. The van der Waals surface area contributed by atoms with Crippen molar-refractivity contribution in [2.75, 3.05) is 6.54 Å². The lowest BCUT2D eigenvalue weighted by molar-refractivity contribution is -0.121. The maximum Gasteiger partial charge on any atom is 0.305 e. The molecule has 26 heavy (non-hydrogen) atoms. The molecule has 0 unspecified atom stereocenters. The highest BCUT2D eigenvalue weighted by molar-refractivity contribution is 5.93. The van der Waals surface area contributed by atoms with E-state index in [0.29, 0.717) is 11.8 Å². The molecule has 2 rings (SSSR count). The van der Waals surface area contributed by atoms with Crippen molar-refractivity contribution < 1.29 is 14.0 Å². The molecule has 0 bridgehead atoms. The molecule has 0 fully saturated rings. The lowest BCUT2D eigenvalue weighted by Crippen LogP contribution is -2.46. The number of hydrazine groups is 1. The SMILES string of the molecule is CC(C)c1ccc([C@@H](NCC(=O)NNC(=O)c2ccco2)C(C)C)cc1. The molecule has 2 amide bonds. The van der Waals surface area contributed by atoms with Gasteiger partial charge in [0.15, 0.2) is 5.76 Å². The van der Waals surface area contributed by atoms with E-state index in [9.17, 15) is 9.59 Å². The number of benzene rings is 1. The van der Waals surface area contributed by atoms with E-state index in [4.69, 9.17) is 4.42 Å². The monoisotopic (exact) mass is 357 g/mol. The largest absolute Gasteiger partial charge is 0.459 e.